The molecule has 0 radical (unpaired) electrons. The maximum Gasteiger partial charge on any atom is 0.500 e. The molecule has 0 aliphatic carbocycles. The summed E-state index contributed by atoms with van der Waals surface area (Å²) in [6.45, 7) is 0. The Bertz CT molecular complexity index is 325. The Labute approximate surface area is 96.4 Å². The van der Waals surface area contributed by atoms with Crippen molar-refractivity contribution < 1.29 is 53.8 Å². The predicted octanol–water partition coefficient (Wildman–Crippen LogP) is 3.72. The highest BCUT2D eigenvalue weighted by Gasteiger charge is 2.71. The van der Waals surface area contributed by atoms with E-state index in [9.17, 15) is 44.3 Å². The van der Waals surface area contributed by atoms with Crippen LogP contribution in [0.2, 0.25) is 0 Å². The third-order valence-corrected chi connectivity index (χ3v) is 1.35. The van der Waals surface area contributed by atoms with Crippen LogP contribution in [0.4, 0.5) is 44.3 Å². The van der Waals surface area contributed by atoms with Gasteiger partial charge in [0.25, 0.3) is 0 Å². The van der Waals surface area contributed by atoms with Crippen LogP contribution in [0.25, 0.3) is 0 Å². The molecule has 0 bridgehead atoms. The van der Waals surface area contributed by atoms with Gasteiger partial charge < -0.3 is 4.74 Å². The second kappa shape index (κ2) is 4.64. The minimum absolute atomic E-state index is 1.81. The number of carbonyl (C=O) groups is 1. The Morgan fingerprint density at radius 1 is 0.833 bits per heavy atom. The molecule has 13 heteroatoms. The highest BCUT2D eigenvalue weighted by molar-refractivity contribution is 6.22. The van der Waals surface area contributed by atoms with Gasteiger partial charge in [0.2, 0.25) is 0 Å². The quantitative estimate of drug-likeness (QED) is 0.441. The zero-order valence-electron chi connectivity index (χ0n) is 7.50. The second-order valence-corrected chi connectivity index (χ2v) is 2.96. The van der Waals surface area contributed by atoms with Gasteiger partial charge in [0.1, 0.15) is 0 Å². The third kappa shape index (κ3) is 3.80. The molecule has 0 aromatic rings. The number of halogens is 10. The van der Waals surface area contributed by atoms with Gasteiger partial charge in [-0.05, 0) is 11.6 Å². The molecular weight excluding hydrogens is 314 g/mol. The largest absolute Gasteiger partial charge is 0.500 e. The van der Waals surface area contributed by atoms with E-state index >= 15 is 0 Å². The van der Waals surface area contributed by atoms with Crippen LogP contribution in [-0.2, 0) is 9.47 Å². The number of hydrogen-bond donors (Lipinski definition) is 0. The third-order valence-electron chi connectivity index (χ3n) is 1.13. The van der Waals surface area contributed by atoms with Crippen molar-refractivity contribution in [3.05, 3.63) is 0 Å². The lowest BCUT2D eigenvalue weighted by molar-refractivity contribution is -0.488. The monoisotopic (exact) mass is 314 g/mol. The molecule has 0 aromatic carbocycles. The first-order chi connectivity index (χ1) is 7.62. The molecule has 0 rings (SSSR count). The van der Waals surface area contributed by atoms with Gasteiger partial charge in [0.15, 0.2) is 0 Å². The van der Waals surface area contributed by atoms with Gasteiger partial charge in [-0.2, -0.15) is 35.1 Å². The molecule has 0 amide bonds. The molecule has 0 aliphatic rings. The maximum atomic E-state index is 12.3. The van der Waals surface area contributed by atoms with Gasteiger partial charge >= 0.3 is 29.9 Å². The lowest BCUT2D eigenvalue weighted by Gasteiger charge is -2.29. The lowest BCUT2D eigenvalue weighted by atomic mass is 10.5. The Balaban J connectivity index is 5.12. The minimum Gasteiger partial charge on any atom is -0.368 e. The summed E-state index contributed by atoms with van der Waals surface area (Å²) in [6, 6.07) is 0. The van der Waals surface area contributed by atoms with Crippen molar-refractivity contribution in [1.29, 1.82) is 0 Å². The Kier molecular flexibility index (Phi) is 4.41. The highest BCUT2D eigenvalue weighted by atomic mass is 35.5. The van der Waals surface area contributed by atoms with E-state index in [1.165, 1.54) is 0 Å². The molecule has 0 fully saturated rings. The molecule has 3 nitrogen and oxygen atoms in total. The first-order valence-electron chi connectivity index (χ1n) is 3.41. The summed E-state index contributed by atoms with van der Waals surface area (Å²) in [5.74, 6) is 0. The van der Waals surface area contributed by atoms with Gasteiger partial charge in [-0.25, -0.2) is 9.53 Å². The SMILES string of the molecule is O=C(F)OC(F)(F)C(F)(F)OC(F)(F)C(F)(F)Cl. The fourth-order valence-corrected chi connectivity index (χ4v) is 0.477. The molecule has 18 heavy (non-hydrogen) atoms. The van der Waals surface area contributed by atoms with E-state index in [1.54, 1.807) is 0 Å². The van der Waals surface area contributed by atoms with Crippen LogP contribution in [0.1, 0.15) is 0 Å². The number of alkyl halides is 9. The average Bonchev–Trinajstić information content (AvgIpc) is 1.95. The summed E-state index contributed by atoms with van der Waals surface area (Å²) in [4.78, 5) is 9.35. The fourth-order valence-electron chi connectivity index (χ4n) is 0.438. The van der Waals surface area contributed by atoms with E-state index in [-0.39, 0.29) is 0 Å². The Morgan fingerprint density at radius 3 is 1.50 bits per heavy atom. The number of carbonyl (C=O) groups excluding carboxylic acids is 1. The topological polar surface area (TPSA) is 35.5 Å². The summed E-state index contributed by atoms with van der Waals surface area (Å²) >= 11 is 3.62. The summed E-state index contributed by atoms with van der Waals surface area (Å²) in [5.41, 5.74) is 0. The van der Waals surface area contributed by atoms with Crippen molar-refractivity contribution in [3.8, 4) is 0 Å². The molecule has 0 heterocycles. The van der Waals surface area contributed by atoms with E-state index in [4.69, 9.17) is 0 Å². The standard InChI is InChI=1S/C5ClF9O3/c6-2(8,9)3(10,11)18-5(14,15)4(12,13)17-1(7)16. The zero-order chi connectivity index (χ0) is 15.0. The molecule has 0 saturated carbocycles. The Hall–Kier alpha value is -0.910. The van der Waals surface area contributed by atoms with Crippen molar-refractivity contribution in [2.75, 3.05) is 0 Å². The van der Waals surface area contributed by atoms with Gasteiger partial charge in [-0.3, -0.25) is 0 Å². The minimum atomic E-state index is -6.46. The summed E-state index contributed by atoms with van der Waals surface area (Å²) in [6.07, 6.45) is -22.4. The van der Waals surface area contributed by atoms with Gasteiger partial charge in [0, 0.05) is 0 Å². The van der Waals surface area contributed by atoms with Crippen LogP contribution in [0.5, 0.6) is 0 Å². The molecular formula is C5ClF9O3. The molecule has 0 aliphatic heterocycles. The summed E-state index contributed by atoms with van der Waals surface area (Å²) in [5, 5.41) is -5.77. The highest BCUT2D eigenvalue weighted by Crippen LogP contribution is 2.46. The normalized spacial score (nSPS) is 14.6. The zero-order valence-corrected chi connectivity index (χ0v) is 8.26. The first-order valence-corrected chi connectivity index (χ1v) is 3.79. The van der Waals surface area contributed by atoms with Crippen molar-refractivity contribution in [3.63, 3.8) is 0 Å². The van der Waals surface area contributed by atoms with Crippen LogP contribution < -0.4 is 0 Å². The number of hydrogen-bond acceptors (Lipinski definition) is 3. The number of ether oxygens (including phenoxy) is 2. The van der Waals surface area contributed by atoms with Crippen molar-refractivity contribution in [2.45, 2.75) is 23.7 Å². The van der Waals surface area contributed by atoms with Crippen molar-refractivity contribution in [2.24, 2.45) is 0 Å². The van der Waals surface area contributed by atoms with Gasteiger partial charge in [0.05, 0.1) is 0 Å². The number of rotatable bonds is 5. The van der Waals surface area contributed by atoms with E-state index in [2.05, 4.69) is 11.6 Å². The van der Waals surface area contributed by atoms with Crippen molar-refractivity contribution >= 4 is 17.8 Å². The van der Waals surface area contributed by atoms with E-state index < -0.39 is 29.9 Å². The molecule has 0 saturated heterocycles. The summed E-state index contributed by atoms with van der Waals surface area (Å²) in [7, 11) is 0. The van der Waals surface area contributed by atoms with Crippen LogP contribution in [0, 0.1) is 0 Å². The molecule has 0 unspecified atom stereocenters. The molecule has 0 atom stereocenters. The van der Waals surface area contributed by atoms with E-state index in [0.29, 0.717) is 0 Å². The molecule has 0 N–H and O–H groups in total. The predicted molar refractivity (Wildman–Crippen MR) is 34.3 cm³/mol. The average molecular weight is 314 g/mol. The van der Waals surface area contributed by atoms with E-state index in [1.807, 2.05) is 9.47 Å². The Morgan fingerprint density at radius 2 is 1.22 bits per heavy atom. The molecule has 0 aromatic heterocycles. The lowest BCUT2D eigenvalue weighted by Crippen LogP contribution is -2.53. The molecule has 108 valence electrons. The van der Waals surface area contributed by atoms with E-state index in [0.717, 1.165) is 0 Å². The first kappa shape index (κ1) is 17.1. The van der Waals surface area contributed by atoms with Crippen LogP contribution >= 0.6 is 11.6 Å². The van der Waals surface area contributed by atoms with Crippen molar-refractivity contribution in [1.82, 2.24) is 0 Å². The fraction of sp³-hybridized carbons (Fsp3) is 0.800. The van der Waals surface area contributed by atoms with Crippen LogP contribution in [0.15, 0.2) is 0 Å². The smallest absolute Gasteiger partial charge is 0.368 e. The van der Waals surface area contributed by atoms with Gasteiger partial charge in [-0.15, -0.1) is 4.39 Å². The maximum absolute atomic E-state index is 12.3. The summed E-state index contributed by atoms with van der Waals surface area (Å²) < 4.78 is 112. The van der Waals surface area contributed by atoms with Crippen LogP contribution in [0.3, 0.4) is 0 Å². The van der Waals surface area contributed by atoms with Gasteiger partial charge in [-0.1, -0.05) is 0 Å². The molecule has 0 spiro atoms. The van der Waals surface area contributed by atoms with Crippen LogP contribution in [-0.4, -0.2) is 29.9 Å². The second-order valence-electron chi connectivity index (χ2n) is 2.49.